The van der Waals surface area contributed by atoms with Crippen LogP contribution < -0.4 is 16.6 Å². The number of aliphatic carboxylic acids is 1. The fraction of sp³-hybridized carbons (Fsp3) is 0.480. The molecule has 2 fully saturated rings. The Morgan fingerprint density at radius 1 is 1.06 bits per heavy atom. The Hall–Kier alpha value is -3.13. The molecular weight excluding hydrogens is 420 g/mol. The quantitative estimate of drug-likeness (QED) is 0.335. The van der Waals surface area contributed by atoms with E-state index in [2.05, 4.69) is 15.3 Å². The molecule has 4 rings (SSSR count). The van der Waals surface area contributed by atoms with E-state index in [1.54, 1.807) is 30.5 Å². The second kappa shape index (κ2) is 9.79. The summed E-state index contributed by atoms with van der Waals surface area (Å²) in [4.78, 5) is 30.9. The smallest absolute Gasteiger partial charge is 0.306 e. The van der Waals surface area contributed by atoms with E-state index in [0.717, 1.165) is 18.4 Å². The summed E-state index contributed by atoms with van der Waals surface area (Å²) in [6, 6.07) is 9.25. The topological polar surface area (TPSA) is 141 Å². The summed E-state index contributed by atoms with van der Waals surface area (Å²) in [5.41, 5.74) is 7.27. The van der Waals surface area contributed by atoms with Crippen molar-refractivity contribution in [3.05, 3.63) is 58.0 Å². The maximum absolute atomic E-state index is 12.6. The number of nitrogens with two attached hydrogens (primary N) is 1. The van der Waals surface area contributed by atoms with Gasteiger partial charge in [0, 0.05) is 12.2 Å². The summed E-state index contributed by atoms with van der Waals surface area (Å²) >= 11 is 0. The molecule has 0 saturated heterocycles. The number of aromatic nitrogens is 1. The molecule has 8 nitrogen and oxygen atoms in total. The van der Waals surface area contributed by atoms with Crippen molar-refractivity contribution in [2.75, 3.05) is 5.32 Å². The number of aliphatic hydroxyl groups is 1. The number of carbonyl (C=O) groups is 1. The van der Waals surface area contributed by atoms with E-state index in [9.17, 15) is 19.8 Å². The van der Waals surface area contributed by atoms with Crippen LogP contribution in [0.25, 0.3) is 0 Å². The molecule has 1 aromatic heterocycles. The maximum atomic E-state index is 12.6. The SMILES string of the molecule is NC(=Nc1ccc(C2(O)CCC(C(=O)O)CC2)cc1)c1c(NC2CCCCC2)cc[nH]c1=O. The van der Waals surface area contributed by atoms with E-state index in [0.29, 0.717) is 48.7 Å². The Kier molecular flexibility index (Phi) is 6.83. The standard InChI is InChI=1S/C25H32N4O4/c26-22(21-20(12-15-27-23(21)30)28-18-4-2-1-3-5-18)29-19-8-6-17(7-9-19)25(33)13-10-16(11-14-25)24(31)32/h6-9,12,15-16,18,33H,1-5,10-11,13-14H2,(H2,26,29)(H,31,32)(H2,27,28,30). The normalized spacial score (nSPS) is 24.4. The van der Waals surface area contributed by atoms with Gasteiger partial charge in [0.1, 0.15) is 11.4 Å². The molecule has 2 aliphatic rings. The van der Waals surface area contributed by atoms with E-state index >= 15 is 0 Å². The number of H-pyrrole nitrogens is 1. The molecule has 2 saturated carbocycles. The van der Waals surface area contributed by atoms with Crippen LogP contribution >= 0.6 is 0 Å². The first-order valence-electron chi connectivity index (χ1n) is 11.7. The first-order valence-corrected chi connectivity index (χ1v) is 11.7. The predicted molar refractivity (Wildman–Crippen MR) is 128 cm³/mol. The molecule has 1 aromatic carbocycles. The van der Waals surface area contributed by atoms with Crippen LogP contribution in [0.2, 0.25) is 0 Å². The molecule has 176 valence electrons. The minimum Gasteiger partial charge on any atom is -0.481 e. The van der Waals surface area contributed by atoms with E-state index < -0.39 is 17.5 Å². The Morgan fingerprint density at radius 2 is 1.73 bits per heavy atom. The minimum atomic E-state index is -1.03. The average Bonchev–Trinajstić information content (AvgIpc) is 2.80. The second-order valence-electron chi connectivity index (χ2n) is 9.26. The van der Waals surface area contributed by atoms with Gasteiger partial charge in [0.15, 0.2) is 0 Å². The van der Waals surface area contributed by atoms with Gasteiger partial charge in [0.25, 0.3) is 5.56 Å². The van der Waals surface area contributed by atoms with Crippen LogP contribution in [-0.2, 0) is 10.4 Å². The summed E-state index contributed by atoms with van der Waals surface area (Å²) in [6.45, 7) is 0. The number of hydrogen-bond donors (Lipinski definition) is 5. The van der Waals surface area contributed by atoms with Gasteiger partial charge in [-0.2, -0.15) is 0 Å². The first kappa shape index (κ1) is 23.0. The second-order valence-corrected chi connectivity index (χ2v) is 9.26. The highest BCUT2D eigenvalue weighted by Gasteiger charge is 2.37. The van der Waals surface area contributed by atoms with Gasteiger partial charge in [-0.05, 0) is 62.3 Å². The Labute approximate surface area is 193 Å². The number of nitrogens with one attached hydrogen (secondary N) is 2. The van der Waals surface area contributed by atoms with Crippen LogP contribution in [0, 0.1) is 5.92 Å². The lowest BCUT2D eigenvalue weighted by Gasteiger charge is -2.35. The van der Waals surface area contributed by atoms with Crippen molar-refractivity contribution in [2.24, 2.45) is 16.6 Å². The number of aliphatic imine (C=N–C) groups is 1. The van der Waals surface area contributed by atoms with E-state index in [1.165, 1.54) is 19.3 Å². The molecule has 8 heteroatoms. The number of rotatable bonds is 6. The number of carboxylic acids is 1. The average molecular weight is 453 g/mol. The zero-order valence-corrected chi connectivity index (χ0v) is 18.7. The maximum Gasteiger partial charge on any atom is 0.306 e. The predicted octanol–water partition coefficient (Wildman–Crippen LogP) is 3.62. The van der Waals surface area contributed by atoms with Crippen molar-refractivity contribution < 1.29 is 15.0 Å². The Morgan fingerprint density at radius 3 is 2.36 bits per heavy atom. The van der Waals surface area contributed by atoms with Gasteiger partial charge in [-0.25, -0.2) is 4.99 Å². The van der Waals surface area contributed by atoms with Gasteiger partial charge >= 0.3 is 5.97 Å². The lowest BCUT2D eigenvalue weighted by molar-refractivity contribution is -0.145. The summed E-state index contributed by atoms with van der Waals surface area (Å²) < 4.78 is 0. The molecule has 0 unspecified atom stereocenters. The molecule has 0 atom stereocenters. The number of aromatic amines is 1. The molecule has 0 radical (unpaired) electrons. The Balaban J connectivity index is 1.52. The molecule has 6 N–H and O–H groups in total. The van der Waals surface area contributed by atoms with Gasteiger partial charge in [0.05, 0.1) is 22.9 Å². The van der Waals surface area contributed by atoms with Gasteiger partial charge < -0.3 is 26.2 Å². The third-order valence-electron chi connectivity index (χ3n) is 7.00. The Bertz CT molecular complexity index is 1060. The molecule has 0 aliphatic heterocycles. The lowest BCUT2D eigenvalue weighted by atomic mass is 9.75. The van der Waals surface area contributed by atoms with Crippen LogP contribution in [0.1, 0.15) is 68.9 Å². The van der Waals surface area contributed by atoms with Crippen molar-refractivity contribution in [1.29, 1.82) is 0 Å². The van der Waals surface area contributed by atoms with Gasteiger partial charge in [-0.15, -0.1) is 0 Å². The number of pyridine rings is 1. The molecule has 0 bridgehead atoms. The lowest BCUT2D eigenvalue weighted by Crippen LogP contribution is -2.33. The monoisotopic (exact) mass is 452 g/mol. The largest absolute Gasteiger partial charge is 0.481 e. The summed E-state index contributed by atoms with van der Waals surface area (Å²) in [5, 5.41) is 23.7. The van der Waals surface area contributed by atoms with Crippen molar-refractivity contribution in [3.8, 4) is 0 Å². The van der Waals surface area contributed by atoms with Crippen LogP contribution in [0.15, 0.2) is 46.3 Å². The zero-order chi connectivity index (χ0) is 23.4. The van der Waals surface area contributed by atoms with Gasteiger partial charge in [-0.1, -0.05) is 31.4 Å². The molecule has 0 spiro atoms. The first-order chi connectivity index (χ1) is 15.9. The number of amidine groups is 1. The highest BCUT2D eigenvalue weighted by Crippen LogP contribution is 2.40. The minimum absolute atomic E-state index is 0.128. The van der Waals surface area contributed by atoms with Crippen LogP contribution in [0.3, 0.4) is 0 Å². The number of anilines is 1. The fourth-order valence-corrected chi connectivity index (χ4v) is 4.99. The molecule has 2 aromatic rings. The molecular formula is C25H32N4O4. The van der Waals surface area contributed by atoms with Gasteiger partial charge in [0.2, 0.25) is 0 Å². The number of benzene rings is 1. The van der Waals surface area contributed by atoms with Crippen molar-refractivity contribution in [1.82, 2.24) is 4.98 Å². The number of nitrogens with zero attached hydrogens (tertiary/aromatic N) is 1. The van der Waals surface area contributed by atoms with Crippen molar-refractivity contribution in [3.63, 3.8) is 0 Å². The van der Waals surface area contributed by atoms with E-state index in [-0.39, 0.29) is 11.4 Å². The van der Waals surface area contributed by atoms with E-state index in [4.69, 9.17) is 5.73 Å². The van der Waals surface area contributed by atoms with E-state index in [1.807, 2.05) is 6.07 Å². The third-order valence-corrected chi connectivity index (χ3v) is 7.00. The summed E-state index contributed by atoms with van der Waals surface area (Å²) in [7, 11) is 0. The summed E-state index contributed by atoms with van der Waals surface area (Å²) in [6.07, 6.45) is 9.06. The fourth-order valence-electron chi connectivity index (χ4n) is 4.99. The van der Waals surface area contributed by atoms with Crippen molar-refractivity contribution >= 4 is 23.2 Å². The number of hydrogen-bond acceptors (Lipinski definition) is 5. The number of carboxylic acid groups (broad SMARTS) is 1. The highest BCUT2D eigenvalue weighted by atomic mass is 16.4. The molecule has 2 aliphatic carbocycles. The molecule has 0 amide bonds. The zero-order valence-electron chi connectivity index (χ0n) is 18.7. The highest BCUT2D eigenvalue weighted by molar-refractivity contribution is 6.03. The third kappa shape index (κ3) is 5.27. The molecule has 1 heterocycles. The van der Waals surface area contributed by atoms with Crippen molar-refractivity contribution in [2.45, 2.75) is 69.4 Å². The molecule has 33 heavy (non-hydrogen) atoms. The van der Waals surface area contributed by atoms with Crippen LogP contribution in [-0.4, -0.2) is 33.0 Å². The van der Waals surface area contributed by atoms with Crippen LogP contribution in [0.4, 0.5) is 11.4 Å². The van der Waals surface area contributed by atoms with Gasteiger partial charge in [-0.3, -0.25) is 9.59 Å². The summed E-state index contributed by atoms with van der Waals surface area (Å²) in [5.74, 6) is -1.07. The van der Waals surface area contributed by atoms with Crippen LogP contribution in [0.5, 0.6) is 0 Å².